The van der Waals surface area contributed by atoms with Gasteiger partial charge < -0.3 is 23.7 Å². The second-order valence-electron chi connectivity index (χ2n) is 7.12. The zero-order valence-corrected chi connectivity index (χ0v) is 12.4. The van der Waals surface area contributed by atoms with Crippen LogP contribution in [0.1, 0.15) is 34.1 Å². The summed E-state index contributed by atoms with van der Waals surface area (Å²) in [6, 6.07) is 0. The lowest BCUT2D eigenvalue weighted by atomic mass is 9.78. The topological polar surface area (TPSA) is 46.2 Å². The second-order valence-corrected chi connectivity index (χ2v) is 7.12. The van der Waals surface area contributed by atoms with Crippen LogP contribution in [-0.4, -0.2) is 42.3 Å². The molecule has 0 amide bonds. The molecule has 20 heavy (non-hydrogen) atoms. The van der Waals surface area contributed by atoms with Crippen LogP contribution in [0.2, 0.25) is 0 Å². The van der Waals surface area contributed by atoms with E-state index in [-0.39, 0.29) is 36.6 Å². The van der Waals surface area contributed by atoms with Crippen LogP contribution in [-0.2, 0) is 23.7 Å². The molecule has 0 unspecified atom stereocenters. The van der Waals surface area contributed by atoms with E-state index in [1.54, 1.807) is 0 Å². The minimum atomic E-state index is -0.588. The maximum atomic E-state index is 6.09. The van der Waals surface area contributed by atoms with Gasteiger partial charge in [-0.25, -0.2) is 0 Å². The van der Waals surface area contributed by atoms with Crippen LogP contribution in [0.25, 0.3) is 0 Å². The minimum Gasteiger partial charge on any atom is -0.343 e. The molecule has 0 N–H and O–H groups in total. The van der Waals surface area contributed by atoms with Crippen LogP contribution in [0.15, 0.2) is 12.2 Å². The summed E-state index contributed by atoms with van der Waals surface area (Å²) in [5.74, 6) is -0.937. The van der Waals surface area contributed by atoms with Crippen LogP contribution in [0.3, 0.4) is 0 Å². The Morgan fingerprint density at radius 2 is 1.55 bits per heavy atom. The van der Waals surface area contributed by atoms with Gasteiger partial charge in [0.15, 0.2) is 17.9 Å². The zero-order valence-electron chi connectivity index (χ0n) is 12.4. The Kier molecular flexibility index (Phi) is 2.54. The Morgan fingerprint density at radius 3 is 2.30 bits per heavy atom. The summed E-state index contributed by atoms with van der Waals surface area (Å²) in [4.78, 5) is 0. The molecule has 0 aromatic carbocycles. The maximum Gasteiger partial charge on any atom is 0.187 e. The monoisotopic (exact) mass is 282 g/mol. The van der Waals surface area contributed by atoms with Crippen molar-refractivity contribution in [1.29, 1.82) is 0 Å². The molecule has 4 aliphatic rings. The number of hydrogen-bond acceptors (Lipinski definition) is 5. The van der Waals surface area contributed by atoms with Gasteiger partial charge in [-0.2, -0.15) is 0 Å². The molecular formula is C15H22O5. The van der Waals surface area contributed by atoms with Crippen molar-refractivity contribution in [3.05, 3.63) is 12.2 Å². The Balaban J connectivity index is 1.61. The van der Waals surface area contributed by atoms with Gasteiger partial charge in [-0.3, -0.25) is 0 Å². The Morgan fingerprint density at radius 1 is 0.900 bits per heavy atom. The molecule has 3 aliphatic heterocycles. The molecule has 112 valence electrons. The predicted molar refractivity (Wildman–Crippen MR) is 69.8 cm³/mol. The summed E-state index contributed by atoms with van der Waals surface area (Å²) in [5.41, 5.74) is 1.07. The third kappa shape index (κ3) is 1.81. The number of ether oxygens (including phenoxy) is 5. The molecule has 4 rings (SSSR count). The molecule has 1 saturated carbocycles. The first kappa shape index (κ1) is 13.2. The standard InChI is InChI=1S/C15H22O5/c1-7-6-8-10(12-9(7)17-14(2,3)19-12)16-13-11(8)18-15(4,5)20-13/h8-13H,1,6H2,2-5H3/t8-,9-,10+,11-,12-,13-/m1/s1. The minimum absolute atomic E-state index is 0.0417. The summed E-state index contributed by atoms with van der Waals surface area (Å²) in [6.45, 7) is 11.9. The Hall–Kier alpha value is -0.460. The summed E-state index contributed by atoms with van der Waals surface area (Å²) in [5, 5.41) is 0. The van der Waals surface area contributed by atoms with Gasteiger partial charge in [0, 0.05) is 5.92 Å². The van der Waals surface area contributed by atoms with Crippen molar-refractivity contribution in [3.8, 4) is 0 Å². The SMILES string of the molecule is C=C1C[C@H]2[C@H]3OC(C)(C)O[C@H]3O[C@@H]2[C@@H]2OC(C)(C)O[C@H]12. The summed E-state index contributed by atoms with van der Waals surface area (Å²) >= 11 is 0. The normalized spacial score (nSPS) is 51.7. The second kappa shape index (κ2) is 3.84. The zero-order chi connectivity index (χ0) is 14.3. The summed E-state index contributed by atoms with van der Waals surface area (Å²) in [6.07, 6.45) is 0.249. The highest BCUT2D eigenvalue weighted by Crippen LogP contribution is 2.51. The van der Waals surface area contributed by atoms with E-state index in [0.717, 1.165) is 12.0 Å². The fourth-order valence-corrected chi connectivity index (χ4v) is 3.91. The van der Waals surface area contributed by atoms with E-state index < -0.39 is 11.6 Å². The first-order valence-electron chi connectivity index (χ1n) is 7.30. The third-order valence-electron chi connectivity index (χ3n) is 4.58. The quantitative estimate of drug-likeness (QED) is 0.636. The van der Waals surface area contributed by atoms with E-state index in [0.29, 0.717) is 0 Å². The molecule has 5 nitrogen and oxygen atoms in total. The van der Waals surface area contributed by atoms with E-state index in [9.17, 15) is 0 Å². The van der Waals surface area contributed by atoms with E-state index in [1.807, 2.05) is 27.7 Å². The van der Waals surface area contributed by atoms with Gasteiger partial charge in [0.25, 0.3) is 0 Å². The van der Waals surface area contributed by atoms with Crippen molar-refractivity contribution in [2.24, 2.45) is 5.92 Å². The van der Waals surface area contributed by atoms with Gasteiger partial charge in [0.05, 0.1) is 6.10 Å². The Bertz CT molecular complexity index is 457. The lowest BCUT2D eigenvalue weighted by Crippen LogP contribution is -2.47. The average Bonchev–Trinajstić information content (AvgIpc) is 2.87. The highest BCUT2D eigenvalue weighted by atomic mass is 16.8. The lowest BCUT2D eigenvalue weighted by Gasteiger charge is -2.36. The molecule has 1 aliphatic carbocycles. The van der Waals surface area contributed by atoms with Crippen LogP contribution < -0.4 is 0 Å². The molecule has 0 spiro atoms. The molecule has 0 aromatic rings. The lowest BCUT2D eigenvalue weighted by molar-refractivity contribution is -0.228. The third-order valence-corrected chi connectivity index (χ3v) is 4.58. The number of hydrogen-bond donors (Lipinski definition) is 0. The number of rotatable bonds is 0. The van der Waals surface area contributed by atoms with Crippen molar-refractivity contribution in [1.82, 2.24) is 0 Å². The molecule has 0 aromatic heterocycles. The molecule has 6 atom stereocenters. The van der Waals surface area contributed by atoms with Crippen LogP contribution in [0, 0.1) is 5.92 Å². The maximum absolute atomic E-state index is 6.09. The van der Waals surface area contributed by atoms with Crippen molar-refractivity contribution < 1.29 is 23.7 Å². The molecule has 0 radical (unpaired) electrons. The van der Waals surface area contributed by atoms with Crippen LogP contribution in [0.4, 0.5) is 0 Å². The largest absolute Gasteiger partial charge is 0.343 e. The van der Waals surface area contributed by atoms with Gasteiger partial charge in [0.2, 0.25) is 0 Å². The first-order chi connectivity index (χ1) is 9.26. The average molecular weight is 282 g/mol. The van der Waals surface area contributed by atoms with E-state index in [2.05, 4.69) is 6.58 Å². The fraction of sp³-hybridized carbons (Fsp3) is 0.867. The van der Waals surface area contributed by atoms with Crippen molar-refractivity contribution in [2.75, 3.05) is 0 Å². The van der Waals surface area contributed by atoms with E-state index in [1.165, 1.54) is 0 Å². The van der Waals surface area contributed by atoms with Crippen molar-refractivity contribution in [2.45, 2.75) is 76.4 Å². The first-order valence-corrected chi connectivity index (χ1v) is 7.30. The highest BCUT2D eigenvalue weighted by molar-refractivity contribution is 5.19. The van der Waals surface area contributed by atoms with E-state index >= 15 is 0 Å². The van der Waals surface area contributed by atoms with Gasteiger partial charge in [0.1, 0.15) is 18.3 Å². The van der Waals surface area contributed by atoms with Crippen molar-refractivity contribution in [3.63, 3.8) is 0 Å². The highest BCUT2D eigenvalue weighted by Gasteiger charge is 2.62. The molecule has 5 heteroatoms. The number of fused-ring (bicyclic) bond motifs is 5. The van der Waals surface area contributed by atoms with Gasteiger partial charge in [-0.05, 0) is 39.7 Å². The molecular weight excluding hydrogens is 260 g/mol. The van der Waals surface area contributed by atoms with Crippen molar-refractivity contribution >= 4 is 0 Å². The fourth-order valence-electron chi connectivity index (χ4n) is 3.91. The molecule has 4 fully saturated rings. The van der Waals surface area contributed by atoms with Gasteiger partial charge >= 0.3 is 0 Å². The molecule has 3 heterocycles. The Labute approximate surface area is 119 Å². The smallest absolute Gasteiger partial charge is 0.187 e. The predicted octanol–water partition coefficient (Wildman–Crippen LogP) is 1.96. The van der Waals surface area contributed by atoms with Crippen LogP contribution in [0.5, 0.6) is 0 Å². The van der Waals surface area contributed by atoms with Crippen LogP contribution >= 0.6 is 0 Å². The molecule has 0 bridgehead atoms. The van der Waals surface area contributed by atoms with E-state index in [4.69, 9.17) is 23.7 Å². The summed E-state index contributed by atoms with van der Waals surface area (Å²) in [7, 11) is 0. The molecule has 3 saturated heterocycles. The van der Waals surface area contributed by atoms with Gasteiger partial charge in [-0.15, -0.1) is 0 Å². The summed E-state index contributed by atoms with van der Waals surface area (Å²) < 4.78 is 29.9. The van der Waals surface area contributed by atoms with Gasteiger partial charge in [-0.1, -0.05) is 6.58 Å².